The average Bonchev–Trinajstić information content (AvgIpc) is 2.92. The Labute approximate surface area is 228 Å². The third kappa shape index (κ3) is 10.0. The molecule has 0 aliphatic carbocycles. The number of rotatable bonds is 17. The third-order valence-corrected chi connectivity index (χ3v) is 7.90. The number of nitrogens with zero attached hydrogens (tertiary/aromatic N) is 1. The van der Waals surface area contributed by atoms with Gasteiger partial charge in [0.25, 0.3) is 5.56 Å². The molecule has 2 atom stereocenters. The van der Waals surface area contributed by atoms with Crippen molar-refractivity contribution in [3.63, 3.8) is 0 Å². The van der Waals surface area contributed by atoms with Crippen LogP contribution in [0, 0.1) is 6.92 Å². The molecule has 39 heavy (non-hydrogen) atoms. The van der Waals surface area contributed by atoms with Crippen LogP contribution in [0.3, 0.4) is 0 Å². The molecule has 0 amide bonds. The highest BCUT2D eigenvalue weighted by Crippen LogP contribution is 2.49. The van der Waals surface area contributed by atoms with E-state index in [0.717, 1.165) is 11.1 Å². The lowest BCUT2D eigenvalue weighted by molar-refractivity contribution is -0.120. The first-order chi connectivity index (χ1) is 18.8. The highest BCUT2D eigenvalue weighted by atomic mass is 31.2. The van der Waals surface area contributed by atoms with E-state index in [1.807, 2.05) is 60.7 Å². The van der Waals surface area contributed by atoms with Crippen LogP contribution in [0.4, 0.5) is 0 Å². The second-order valence-corrected chi connectivity index (χ2v) is 10.9. The summed E-state index contributed by atoms with van der Waals surface area (Å²) in [5.74, 6) is 0. The molecule has 2 aromatic carbocycles. The van der Waals surface area contributed by atoms with Crippen LogP contribution in [0.15, 0.2) is 76.4 Å². The summed E-state index contributed by atoms with van der Waals surface area (Å²) in [6.45, 7) is 5.91. The molecule has 11 heteroatoms. The standard InChI is InChI=1S/C28H37N2O8P/c1-4-37-39(33,38-5-2)20-26(36-21-30-16-22(3)27(31)29-28(30)32)25(35-18-24-14-10-7-11-15-24)19-34-17-23-12-8-6-9-13-23/h6-16,25-26H,4-5,17-21H2,1-3H3,(H,29,31,32)/t25-,26+/m0/s1. The van der Waals surface area contributed by atoms with E-state index >= 15 is 0 Å². The van der Waals surface area contributed by atoms with E-state index < -0.39 is 31.1 Å². The maximum Gasteiger partial charge on any atom is 0.333 e. The van der Waals surface area contributed by atoms with Gasteiger partial charge in [-0.1, -0.05) is 60.7 Å². The van der Waals surface area contributed by atoms with Crippen molar-refractivity contribution in [2.24, 2.45) is 0 Å². The van der Waals surface area contributed by atoms with Crippen LogP contribution in [-0.2, 0) is 47.8 Å². The molecular weight excluding hydrogens is 523 g/mol. The van der Waals surface area contributed by atoms with Gasteiger partial charge >= 0.3 is 13.3 Å². The second kappa shape index (κ2) is 15.7. The van der Waals surface area contributed by atoms with Gasteiger partial charge in [-0.3, -0.25) is 18.9 Å². The molecule has 10 nitrogen and oxygen atoms in total. The van der Waals surface area contributed by atoms with Gasteiger partial charge in [-0.15, -0.1) is 0 Å². The molecule has 0 bridgehead atoms. The Morgan fingerprint density at radius 2 is 1.44 bits per heavy atom. The summed E-state index contributed by atoms with van der Waals surface area (Å²) in [6.07, 6.45) is -0.246. The van der Waals surface area contributed by atoms with Crippen molar-refractivity contribution in [3.05, 3.63) is 104 Å². The number of aromatic amines is 1. The Balaban J connectivity index is 1.86. The lowest BCUT2D eigenvalue weighted by Crippen LogP contribution is -2.40. The Hall–Kier alpha value is -2.85. The number of H-pyrrole nitrogens is 1. The molecule has 0 aliphatic heterocycles. The van der Waals surface area contributed by atoms with Gasteiger partial charge in [-0.25, -0.2) is 4.79 Å². The maximum atomic E-state index is 13.5. The first-order valence-corrected chi connectivity index (χ1v) is 14.6. The van der Waals surface area contributed by atoms with Crippen molar-refractivity contribution in [2.45, 2.75) is 52.9 Å². The number of nitrogens with one attached hydrogen (secondary N) is 1. The summed E-state index contributed by atoms with van der Waals surface area (Å²) < 4.78 is 44.3. The smallest absolute Gasteiger partial charge is 0.333 e. The number of hydrogen-bond donors (Lipinski definition) is 1. The Morgan fingerprint density at radius 1 is 0.846 bits per heavy atom. The van der Waals surface area contributed by atoms with Crippen LogP contribution >= 0.6 is 7.60 Å². The van der Waals surface area contributed by atoms with Gasteiger partial charge in [0, 0.05) is 11.8 Å². The molecule has 1 N–H and O–H groups in total. The normalized spacial score (nSPS) is 13.3. The monoisotopic (exact) mass is 560 g/mol. The van der Waals surface area contributed by atoms with Crippen molar-refractivity contribution < 1.29 is 27.8 Å². The minimum absolute atomic E-state index is 0.115. The molecule has 3 aromatic rings. The van der Waals surface area contributed by atoms with Crippen LogP contribution in [0.2, 0.25) is 0 Å². The zero-order valence-electron chi connectivity index (χ0n) is 22.6. The number of aryl methyl sites for hydroxylation is 1. The quantitative estimate of drug-likeness (QED) is 0.244. The zero-order chi connectivity index (χ0) is 28.1. The fourth-order valence-corrected chi connectivity index (χ4v) is 5.69. The van der Waals surface area contributed by atoms with Crippen LogP contribution < -0.4 is 11.2 Å². The zero-order valence-corrected chi connectivity index (χ0v) is 23.5. The van der Waals surface area contributed by atoms with Crippen LogP contribution in [0.1, 0.15) is 30.5 Å². The van der Waals surface area contributed by atoms with Gasteiger partial charge in [0.15, 0.2) is 0 Å². The van der Waals surface area contributed by atoms with E-state index in [0.29, 0.717) is 12.2 Å². The van der Waals surface area contributed by atoms with Crippen molar-refractivity contribution in [3.8, 4) is 0 Å². The Morgan fingerprint density at radius 3 is 2.03 bits per heavy atom. The predicted molar refractivity (Wildman–Crippen MR) is 148 cm³/mol. The van der Waals surface area contributed by atoms with Crippen molar-refractivity contribution in [1.82, 2.24) is 9.55 Å². The molecule has 3 rings (SSSR count). The van der Waals surface area contributed by atoms with E-state index in [4.69, 9.17) is 23.3 Å². The van der Waals surface area contributed by atoms with Gasteiger partial charge in [0.1, 0.15) is 12.8 Å². The van der Waals surface area contributed by atoms with E-state index in [2.05, 4.69) is 4.98 Å². The Bertz CT molecular complexity index is 1290. The summed E-state index contributed by atoms with van der Waals surface area (Å²) >= 11 is 0. The molecule has 0 spiro atoms. The first kappa shape index (κ1) is 30.7. The van der Waals surface area contributed by atoms with E-state index in [1.54, 1.807) is 20.8 Å². The van der Waals surface area contributed by atoms with Crippen molar-refractivity contribution >= 4 is 7.60 Å². The van der Waals surface area contributed by atoms with Gasteiger partial charge in [0.2, 0.25) is 0 Å². The summed E-state index contributed by atoms with van der Waals surface area (Å²) in [7, 11) is -3.57. The number of aromatic nitrogens is 2. The number of hydrogen-bond acceptors (Lipinski definition) is 8. The molecule has 0 radical (unpaired) electrons. The lowest BCUT2D eigenvalue weighted by atomic mass is 10.2. The first-order valence-electron chi connectivity index (χ1n) is 12.9. The van der Waals surface area contributed by atoms with Gasteiger partial charge in [-0.2, -0.15) is 0 Å². The SMILES string of the molecule is CCOP(=O)(C[C@@H](OCn1cc(C)c(=O)[nH]c1=O)[C@H](COCc1ccccc1)OCc1ccccc1)OCC. The molecule has 0 aliphatic rings. The van der Waals surface area contributed by atoms with Gasteiger partial charge in [0.05, 0.1) is 45.3 Å². The summed E-state index contributed by atoms with van der Waals surface area (Å²) in [5, 5.41) is 0. The van der Waals surface area contributed by atoms with Crippen LogP contribution in [0.25, 0.3) is 0 Å². The average molecular weight is 561 g/mol. The molecule has 1 aromatic heterocycles. The van der Waals surface area contributed by atoms with E-state index in [1.165, 1.54) is 10.8 Å². The van der Waals surface area contributed by atoms with Crippen LogP contribution in [-0.4, -0.2) is 47.7 Å². The number of benzene rings is 2. The van der Waals surface area contributed by atoms with Gasteiger partial charge < -0.3 is 23.3 Å². The van der Waals surface area contributed by atoms with Crippen molar-refractivity contribution in [2.75, 3.05) is 26.0 Å². The highest BCUT2D eigenvalue weighted by Gasteiger charge is 2.35. The maximum absolute atomic E-state index is 13.5. The predicted octanol–water partition coefficient (Wildman–Crippen LogP) is 4.26. The fraction of sp³-hybridized carbons (Fsp3) is 0.429. The summed E-state index contributed by atoms with van der Waals surface area (Å²) in [4.78, 5) is 26.4. The van der Waals surface area contributed by atoms with Gasteiger partial charge in [-0.05, 0) is 31.9 Å². The minimum atomic E-state index is -3.57. The molecule has 1 heterocycles. The highest BCUT2D eigenvalue weighted by molar-refractivity contribution is 7.53. The summed E-state index contributed by atoms with van der Waals surface area (Å²) in [6, 6.07) is 19.3. The molecule has 212 valence electrons. The second-order valence-electron chi connectivity index (χ2n) is 8.84. The molecule has 0 unspecified atom stereocenters. The molecule has 0 saturated carbocycles. The lowest BCUT2D eigenvalue weighted by Gasteiger charge is -2.30. The molecule has 0 saturated heterocycles. The largest absolute Gasteiger partial charge is 0.374 e. The number of ether oxygens (including phenoxy) is 3. The molecular formula is C28H37N2O8P. The van der Waals surface area contributed by atoms with Crippen LogP contribution in [0.5, 0.6) is 0 Å². The minimum Gasteiger partial charge on any atom is -0.374 e. The fourth-order valence-electron chi connectivity index (χ4n) is 3.83. The molecule has 0 fully saturated rings. The Kier molecular flexibility index (Phi) is 12.3. The summed E-state index contributed by atoms with van der Waals surface area (Å²) in [5.41, 5.74) is 1.19. The topological polar surface area (TPSA) is 118 Å². The third-order valence-electron chi connectivity index (χ3n) is 5.79. The van der Waals surface area contributed by atoms with Crippen molar-refractivity contribution in [1.29, 1.82) is 0 Å². The van der Waals surface area contributed by atoms with E-state index in [-0.39, 0.29) is 39.3 Å². The van der Waals surface area contributed by atoms with E-state index in [9.17, 15) is 14.2 Å².